The van der Waals surface area contributed by atoms with Crippen molar-refractivity contribution in [2.45, 2.75) is 0 Å². The third-order valence-corrected chi connectivity index (χ3v) is 3.63. The summed E-state index contributed by atoms with van der Waals surface area (Å²) in [5, 5.41) is 17.7. The van der Waals surface area contributed by atoms with Crippen LogP contribution in [-0.4, -0.2) is 35.4 Å². The monoisotopic (exact) mass is 370 g/mol. The van der Waals surface area contributed by atoms with E-state index in [2.05, 4.69) is 0 Å². The van der Waals surface area contributed by atoms with Gasteiger partial charge in [0.25, 0.3) is 0 Å². The second-order valence-corrected chi connectivity index (χ2v) is 5.43. The van der Waals surface area contributed by atoms with Crippen LogP contribution in [0.15, 0.2) is 57.9 Å². The van der Waals surface area contributed by atoms with Gasteiger partial charge >= 0.3 is 11.9 Å². The standard InChI is InChI=1S/C19H14O8/c20-8-17(22)26-12-3-1-11(2-4-12)15-10-25-16-7-13(27-18(23)9-21)5-6-14(16)19(15)24/h1-7,10,20-21H,8-9H2. The highest BCUT2D eigenvalue weighted by Crippen LogP contribution is 2.24. The molecule has 0 unspecified atom stereocenters. The van der Waals surface area contributed by atoms with Crippen LogP contribution >= 0.6 is 0 Å². The Hall–Kier alpha value is -3.49. The Kier molecular flexibility index (Phi) is 5.30. The number of fused-ring (bicyclic) bond motifs is 1. The van der Waals surface area contributed by atoms with Gasteiger partial charge in [0.05, 0.1) is 10.9 Å². The summed E-state index contributed by atoms with van der Waals surface area (Å²) in [5.74, 6) is -1.23. The molecular weight excluding hydrogens is 356 g/mol. The minimum atomic E-state index is -0.824. The van der Waals surface area contributed by atoms with Crippen molar-refractivity contribution in [1.29, 1.82) is 0 Å². The maximum absolute atomic E-state index is 12.7. The highest BCUT2D eigenvalue weighted by atomic mass is 16.6. The second-order valence-electron chi connectivity index (χ2n) is 5.43. The summed E-state index contributed by atoms with van der Waals surface area (Å²) in [5.41, 5.74) is 0.768. The van der Waals surface area contributed by atoms with Gasteiger partial charge in [0.15, 0.2) is 5.43 Å². The van der Waals surface area contributed by atoms with E-state index in [1.54, 1.807) is 12.1 Å². The predicted octanol–water partition coefficient (Wildman–Crippen LogP) is 1.26. The lowest BCUT2D eigenvalue weighted by Gasteiger charge is -2.06. The lowest BCUT2D eigenvalue weighted by Crippen LogP contribution is -2.12. The molecule has 1 heterocycles. The lowest BCUT2D eigenvalue weighted by molar-refractivity contribution is -0.138. The van der Waals surface area contributed by atoms with E-state index in [9.17, 15) is 14.4 Å². The van der Waals surface area contributed by atoms with Gasteiger partial charge in [-0.2, -0.15) is 0 Å². The van der Waals surface area contributed by atoms with Gasteiger partial charge in [-0.05, 0) is 29.8 Å². The number of carbonyl (C=O) groups excluding carboxylic acids is 2. The van der Waals surface area contributed by atoms with Crippen molar-refractivity contribution in [3.05, 3.63) is 59.0 Å². The van der Waals surface area contributed by atoms with Gasteiger partial charge in [-0.3, -0.25) is 4.79 Å². The number of esters is 2. The topological polar surface area (TPSA) is 123 Å². The van der Waals surface area contributed by atoms with Crippen LogP contribution in [0.2, 0.25) is 0 Å². The molecule has 8 nitrogen and oxygen atoms in total. The van der Waals surface area contributed by atoms with E-state index in [0.29, 0.717) is 11.1 Å². The van der Waals surface area contributed by atoms with E-state index in [-0.39, 0.29) is 27.9 Å². The third-order valence-electron chi connectivity index (χ3n) is 3.63. The molecule has 27 heavy (non-hydrogen) atoms. The number of benzene rings is 2. The van der Waals surface area contributed by atoms with Crippen LogP contribution in [0.4, 0.5) is 0 Å². The van der Waals surface area contributed by atoms with Crippen LogP contribution in [0.25, 0.3) is 22.1 Å². The molecule has 3 rings (SSSR count). The van der Waals surface area contributed by atoms with Gasteiger partial charge in [-0.1, -0.05) is 12.1 Å². The molecule has 2 N–H and O–H groups in total. The van der Waals surface area contributed by atoms with Crippen LogP contribution in [0.1, 0.15) is 0 Å². The van der Waals surface area contributed by atoms with Crippen molar-refractivity contribution < 1.29 is 33.7 Å². The number of hydrogen-bond donors (Lipinski definition) is 2. The molecule has 8 heteroatoms. The van der Waals surface area contributed by atoms with E-state index in [1.165, 1.54) is 36.6 Å². The first-order chi connectivity index (χ1) is 13.0. The average molecular weight is 370 g/mol. The van der Waals surface area contributed by atoms with Crippen LogP contribution in [0.3, 0.4) is 0 Å². The minimum absolute atomic E-state index is 0.146. The molecule has 2 aromatic carbocycles. The molecule has 1 aromatic heterocycles. The Labute approximate surface area is 152 Å². The van der Waals surface area contributed by atoms with Gasteiger partial charge in [0.2, 0.25) is 0 Å². The Balaban J connectivity index is 1.92. The Morgan fingerprint density at radius 1 is 0.889 bits per heavy atom. The zero-order valence-electron chi connectivity index (χ0n) is 13.9. The summed E-state index contributed by atoms with van der Waals surface area (Å²) < 4.78 is 15.2. The molecule has 0 aliphatic heterocycles. The number of rotatable bonds is 5. The Morgan fingerprint density at radius 3 is 2.11 bits per heavy atom. The molecule has 3 aromatic rings. The quantitative estimate of drug-likeness (QED) is 0.508. The largest absolute Gasteiger partial charge is 0.463 e. The summed E-state index contributed by atoms with van der Waals surface area (Å²) in [6, 6.07) is 10.4. The van der Waals surface area contributed by atoms with E-state index in [0.717, 1.165) is 0 Å². The van der Waals surface area contributed by atoms with Gasteiger partial charge in [-0.15, -0.1) is 0 Å². The van der Waals surface area contributed by atoms with E-state index < -0.39 is 25.2 Å². The van der Waals surface area contributed by atoms with Gasteiger partial charge < -0.3 is 24.1 Å². The molecule has 0 fully saturated rings. The fraction of sp³-hybridized carbons (Fsp3) is 0.105. The van der Waals surface area contributed by atoms with E-state index >= 15 is 0 Å². The summed E-state index contributed by atoms with van der Waals surface area (Å²) in [6.07, 6.45) is 1.27. The summed E-state index contributed by atoms with van der Waals surface area (Å²) in [4.78, 5) is 34.9. The molecule has 0 amide bonds. The van der Waals surface area contributed by atoms with Gasteiger partial charge in [0, 0.05) is 6.07 Å². The minimum Gasteiger partial charge on any atom is -0.463 e. The van der Waals surface area contributed by atoms with Crippen molar-refractivity contribution in [3.63, 3.8) is 0 Å². The molecular formula is C19H14O8. The first-order valence-corrected chi connectivity index (χ1v) is 7.81. The first-order valence-electron chi connectivity index (χ1n) is 7.81. The smallest absolute Gasteiger partial charge is 0.337 e. The number of ether oxygens (including phenoxy) is 2. The zero-order chi connectivity index (χ0) is 19.4. The number of carbonyl (C=O) groups is 2. The third kappa shape index (κ3) is 4.02. The molecule has 138 valence electrons. The first kappa shape index (κ1) is 18.3. The maximum atomic E-state index is 12.7. The molecule has 0 atom stereocenters. The van der Waals surface area contributed by atoms with Crippen molar-refractivity contribution in [2.24, 2.45) is 0 Å². The Bertz CT molecular complexity index is 1050. The van der Waals surface area contributed by atoms with Gasteiger partial charge in [0.1, 0.15) is 36.6 Å². The highest BCUT2D eigenvalue weighted by Gasteiger charge is 2.12. The van der Waals surface area contributed by atoms with Gasteiger partial charge in [-0.25, -0.2) is 9.59 Å². The average Bonchev–Trinajstić information content (AvgIpc) is 2.69. The van der Waals surface area contributed by atoms with E-state index in [1.807, 2.05) is 0 Å². The van der Waals surface area contributed by atoms with Crippen molar-refractivity contribution in [1.82, 2.24) is 0 Å². The van der Waals surface area contributed by atoms with Crippen molar-refractivity contribution >= 4 is 22.9 Å². The molecule has 0 bridgehead atoms. The van der Waals surface area contributed by atoms with E-state index in [4.69, 9.17) is 24.1 Å². The summed E-state index contributed by atoms with van der Waals surface area (Å²) in [6.45, 7) is -1.49. The molecule has 0 spiro atoms. The highest BCUT2D eigenvalue weighted by molar-refractivity contribution is 5.84. The molecule has 0 saturated heterocycles. The van der Waals surface area contributed by atoms with Crippen LogP contribution in [-0.2, 0) is 9.59 Å². The fourth-order valence-corrected chi connectivity index (χ4v) is 2.40. The number of hydrogen-bond acceptors (Lipinski definition) is 8. The Morgan fingerprint density at radius 2 is 1.48 bits per heavy atom. The van der Waals surface area contributed by atoms with Crippen LogP contribution in [0, 0.1) is 0 Å². The fourth-order valence-electron chi connectivity index (χ4n) is 2.40. The molecule has 0 aliphatic carbocycles. The number of aliphatic hydroxyl groups is 2. The molecule has 0 aliphatic rings. The van der Waals surface area contributed by atoms with Crippen LogP contribution in [0.5, 0.6) is 11.5 Å². The summed E-state index contributed by atoms with van der Waals surface area (Å²) in [7, 11) is 0. The predicted molar refractivity (Wildman–Crippen MR) is 93.4 cm³/mol. The SMILES string of the molecule is O=C(CO)Oc1ccc(-c2coc3cc(OC(=O)CO)ccc3c2=O)cc1. The normalized spacial score (nSPS) is 10.6. The zero-order valence-corrected chi connectivity index (χ0v) is 13.9. The van der Waals surface area contributed by atoms with Crippen molar-refractivity contribution in [3.8, 4) is 22.6 Å². The molecule has 0 saturated carbocycles. The summed E-state index contributed by atoms with van der Waals surface area (Å²) >= 11 is 0. The maximum Gasteiger partial charge on any atom is 0.337 e. The lowest BCUT2D eigenvalue weighted by atomic mass is 10.1. The van der Waals surface area contributed by atoms with Crippen LogP contribution < -0.4 is 14.9 Å². The number of aliphatic hydroxyl groups excluding tert-OH is 2. The second kappa shape index (κ2) is 7.81. The van der Waals surface area contributed by atoms with Crippen molar-refractivity contribution in [2.75, 3.05) is 13.2 Å². The molecule has 0 radical (unpaired) electrons.